The fourth-order valence-electron chi connectivity index (χ4n) is 3.95. The summed E-state index contributed by atoms with van der Waals surface area (Å²) in [6.07, 6.45) is -0.310. The van der Waals surface area contributed by atoms with Crippen LogP contribution in [0.2, 0.25) is 0 Å². The number of amides is 1. The van der Waals surface area contributed by atoms with E-state index >= 15 is 0 Å². The average Bonchev–Trinajstić information content (AvgIpc) is 2.84. The Hall–Kier alpha value is -3.88. The molecule has 0 saturated carbocycles. The van der Waals surface area contributed by atoms with Crippen LogP contribution in [0.4, 0.5) is 4.79 Å². The molecule has 1 heterocycles. The molecule has 1 saturated heterocycles. The SMILES string of the molecule is CCOC(=O)OC(C)OC(=O)CC1CCN(C(=O)c2ccc(-c3ccc(C(=N)N)cc3)cc2)CC1. The molecule has 2 aromatic carbocycles. The van der Waals surface area contributed by atoms with Crippen molar-refractivity contribution in [1.29, 1.82) is 5.41 Å². The quantitative estimate of drug-likeness (QED) is 0.253. The number of carbonyl (C=O) groups is 3. The van der Waals surface area contributed by atoms with Crippen molar-refractivity contribution in [3.05, 3.63) is 59.7 Å². The van der Waals surface area contributed by atoms with Gasteiger partial charge in [0.15, 0.2) is 0 Å². The van der Waals surface area contributed by atoms with Gasteiger partial charge in [-0.3, -0.25) is 15.0 Å². The van der Waals surface area contributed by atoms with Crippen LogP contribution in [0.25, 0.3) is 11.1 Å². The molecule has 0 aromatic heterocycles. The Morgan fingerprint density at radius 1 is 0.971 bits per heavy atom. The van der Waals surface area contributed by atoms with Crippen molar-refractivity contribution in [2.45, 2.75) is 39.4 Å². The molecule has 35 heavy (non-hydrogen) atoms. The lowest BCUT2D eigenvalue weighted by Gasteiger charge is -2.31. The zero-order valence-electron chi connectivity index (χ0n) is 20.0. The van der Waals surface area contributed by atoms with Gasteiger partial charge in [-0.25, -0.2) is 4.79 Å². The molecule has 0 spiro atoms. The lowest BCUT2D eigenvalue weighted by atomic mass is 9.93. The molecule has 3 rings (SSSR count). The first kappa shape index (κ1) is 25.7. The smallest absolute Gasteiger partial charge is 0.435 e. The average molecular weight is 482 g/mol. The van der Waals surface area contributed by atoms with E-state index < -0.39 is 18.4 Å². The van der Waals surface area contributed by atoms with Crippen molar-refractivity contribution >= 4 is 23.9 Å². The molecule has 1 atom stereocenters. The van der Waals surface area contributed by atoms with E-state index in [2.05, 4.69) is 4.74 Å². The Bertz CT molecular complexity index is 1040. The highest BCUT2D eigenvalue weighted by Gasteiger charge is 2.26. The van der Waals surface area contributed by atoms with Crippen LogP contribution < -0.4 is 5.73 Å². The number of likely N-dealkylation sites (tertiary alicyclic amines) is 1. The van der Waals surface area contributed by atoms with E-state index in [1.807, 2.05) is 36.4 Å². The van der Waals surface area contributed by atoms with Crippen molar-refractivity contribution in [3.8, 4) is 11.1 Å². The molecule has 1 aliphatic heterocycles. The molecule has 1 amide bonds. The number of nitrogens with zero attached hydrogens (tertiary/aromatic N) is 1. The molecule has 2 aromatic rings. The topological polar surface area (TPSA) is 132 Å². The summed E-state index contributed by atoms with van der Waals surface area (Å²) >= 11 is 0. The van der Waals surface area contributed by atoms with Crippen LogP contribution in [0.3, 0.4) is 0 Å². The number of carbonyl (C=O) groups excluding carboxylic acids is 3. The van der Waals surface area contributed by atoms with E-state index in [1.54, 1.807) is 24.0 Å². The van der Waals surface area contributed by atoms with Gasteiger partial charge >= 0.3 is 12.1 Å². The highest BCUT2D eigenvalue weighted by molar-refractivity contribution is 5.96. The zero-order chi connectivity index (χ0) is 25.4. The lowest BCUT2D eigenvalue weighted by molar-refractivity contribution is -0.169. The number of nitrogen functional groups attached to an aromatic ring is 1. The molecule has 9 heteroatoms. The van der Waals surface area contributed by atoms with Gasteiger partial charge in [0.25, 0.3) is 5.91 Å². The molecule has 0 aliphatic carbocycles. The maximum atomic E-state index is 12.9. The zero-order valence-corrected chi connectivity index (χ0v) is 20.0. The number of hydrogen-bond donors (Lipinski definition) is 2. The third-order valence-corrected chi connectivity index (χ3v) is 5.84. The predicted octanol–water partition coefficient (Wildman–Crippen LogP) is 3.94. The van der Waals surface area contributed by atoms with Gasteiger partial charge in [0.2, 0.25) is 6.29 Å². The number of rotatable bonds is 8. The molecule has 3 N–H and O–H groups in total. The van der Waals surface area contributed by atoms with Gasteiger partial charge in [-0.1, -0.05) is 36.4 Å². The summed E-state index contributed by atoms with van der Waals surface area (Å²) in [4.78, 5) is 38.2. The lowest BCUT2D eigenvalue weighted by Crippen LogP contribution is -2.39. The van der Waals surface area contributed by atoms with E-state index in [-0.39, 0.29) is 30.7 Å². The van der Waals surface area contributed by atoms with Crippen molar-refractivity contribution in [2.24, 2.45) is 11.7 Å². The molecule has 9 nitrogen and oxygen atoms in total. The summed E-state index contributed by atoms with van der Waals surface area (Å²) in [6.45, 7) is 4.40. The van der Waals surface area contributed by atoms with Crippen LogP contribution in [0.1, 0.15) is 49.0 Å². The molecule has 186 valence electrons. The Labute approximate surface area is 204 Å². The Balaban J connectivity index is 1.47. The van der Waals surface area contributed by atoms with E-state index in [1.165, 1.54) is 6.92 Å². The maximum absolute atomic E-state index is 12.9. The van der Waals surface area contributed by atoms with Gasteiger partial charge in [-0.2, -0.15) is 0 Å². The molecular weight excluding hydrogens is 450 g/mol. The number of ether oxygens (including phenoxy) is 3. The van der Waals surface area contributed by atoms with Crippen molar-refractivity contribution in [2.75, 3.05) is 19.7 Å². The fourth-order valence-corrected chi connectivity index (χ4v) is 3.95. The van der Waals surface area contributed by atoms with Gasteiger partial charge in [0.05, 0.1) is 6.61 Å². The third kappa shape index (κ3) is 7.30. The minimum Gasteiger partial charge on any atom is -0.435 e. The van der Waals surface area contributed by atoms with Crippen molar-refractivity contribution in [1.82, 2.24) is 4.90 Å². The first-order valence-electron chi connectivity index (χ1n) is 11.6. The van der Waals surface area contributed by atoms with Gasteiger partial charge < -0.3 is 24.8 Å². The standard InChI is InChI=1S/C26H31N3O6/c1-3-33-26(32)35-17(2)34-23(30)16-18-12-14-29(15-13-18)25(31)22-10-6-20(7-11-22)19-4-8-21(9-5-19)24(27)28/h4-11,17-18H,3,12-16H2,1-2H3,(H3,27,28). The summed E-state index contributed by atoms with van der Waals surface area (Å²) in [5.41, 5.74) is 8.72. The number of nitrogens with one attached hydrogen (secondary N) is 1. The second-order valence-corrected chi connectivity index (χ2v) is 8.37. The first-order valence-corrected chi connectivity index (χ1v) is 11.6. The van der Waals surface area contributed by atoms with E-state index in [0.29, 0.717) is 37.1 Å². The fraction of sp³-hybridized carbons (Fsp3) is 0.385. The largest absolute Gasteiger partial charge is 0.511 e. The summed E-state index contributed by atoms with van der Waals surface area (Å²) < 4.78 is 14.6. The second kappa shape index (κ2) is 12.0. The van der Waals surface area contributed by atoms with Crippen molar-refractivity contribution in [3.63, 3.8) is 0 Å². The summed E-state index contributed by atoms with van der Waals surface area (Å²) in [7, 11) is 0. The molecular formula is C26H31N3O6. The summed E-state index contributed by atoms with van der Waals surface area (Å²) in [6, 6.07) is 14.8. The van der Waals surface area contributed by atoms with Crippen LogP contribution in [-0.4, -0.2) is 54.8 Å². The molecule has 0 bridgehead atoms. The van der Waals surface area contributed by atoms with Gasteiger partial charge in [0.1, 0.15) is 5.84 Å². The molecule has 1 fully saturated rings. The normalized spacial score (nSPS) is 14.6. The first-order chi connectivity index (χ1) is 16.8. The second-order valence-electron chi connectivity index (χ2n) is 8.37. The Kier molecular flexibility index (Phi) is 8.83. The summed E-state index contributed by atoms with van der Waals surface area (Å²) in [5, 5.41) is 7.48. The maximum Gasteiger partial charge on any atom is 0.511 e. The summed E-state index contributed by atoms with van der Waals surface area (Å²) in [5.74, 6) is -0.364. The highest BCUT2D eigenvalue weighted by Crippen LogP contribution is 2.24. The number of benzene rings is 2. The number of piperidine rings is 1. The minimum atomic E-state index is -1.02. The molecule has 1 unspecified atom stereocenters. The Morgan fingerprint density at radius 3 is 2.03 bits per heavy atom. The van der Waals surface area contributed by atoms with Crippen LogP contribution in [-0.2, 0) is 19.0 Å². The van der Waals surface area contributed by atoms with Crippen LogP contribution in [0, 0.1) is 11.3 Å². The van der Waals surface area contributed by atoms with Gasteiger partial charge in [0, 0.05) is 37.6 Å². The monoisotopic (exact) mass is 481 g/mol. The van der Waals surface area contributed by atoms with Crippen LogP contribution in [0.15, 0.2) is 48.5 Å². The highest BCUT2D eigenvalue weighted by atomic mass is 16.8. The van der Waals surface area contributed by atoms with E-state index in [0.717, 1.165) is 11.1 Å². The number of nitrogens with two attached hydrogens (primary N) is 1. The van der Waals surface area contributed by atoms with Crippen LogP contribution >= 0.6 is 0 Å². The van der Waals surface area contributed by atoms with E-state index in [9.17, 15) is 14.4 Å². The molecule has 1 aliphatic rings. The van der Waals surface area contributed by atoms with E-state index in [4.69, 9.17) is 20.6 Å². The number of amidine groups is 1. The Morgan fingerprint density at radius 2 is 1.51 bits per heavy atom. The predicted molar refractivity (Wildman–Crippen MR) is 130 cm³/mol. The third-order valence-electron chi connectivity index (χ3n) is 5.84. The van der Waals surface area contributed by atoms with Crippen molar-refractivity contribution < 1.29 is 28.6 Å². The molecule has 0 radical (unpaired) electrons. The van der Waals surface area contributed by atoms with Crippen LogP contribution in [0.5, 0.6) is 0 Å². The minimum absolute atomic E-state index is 0.0238. The number of esters is 1. The van der Waals surface area contributed by atoms with Gasteiger partial charge in [-0.15, -0.1) is 0 Å². The number of hydrogen-bond acceptors (Lipinski definition) is 7. The van der Waals surface area contributed by atoms with Gasteiger partial charge in [-0.05, 0) is 48.9 Å².